The summed E-state index contributed by atoms with van der Waals surface area (Å²) in [7, 11) is -5.57. The van der Waals surface area contributed by atoms with Gasteiger partial charge in [0.05, 0.1) is 16.7 Å². The number of benzene rings is 1. The van der Waals surface area contributed by atoms with Gasteiger partial charge in [0.1, 0.15) is 11.9 Å². The molecule has 0 aliphatic carbocycles. The molecule has 0 spiro atoms. The minimum atomic E-state index is -5.57. The van der Waals surface area contributed by atoms with Crippen LogP contribution >= 0.6 is 0 Å². The number of nitrogens with one attached hydrogen (secondary N) is 1. The number of carbonyl (C=O) groups excluding carboxylic acids is 3. The Labute approximate surface area is 198 Å². The SMILES string of the molecule is CC(C)OC(=O)Nc1cc(CN2C(=O)N(c3ccc(S(=O)(=O)C(F)(F)F)cc3)C(=O)C2C)ccn1. The topological polar surface area (TPSA) is 126 Å². The van der Waals surface area contributed by atoms with Crippen LogP contribution < -0.4 is 10.2 Å². The zero-order chi connectivity index (χ0) is 26.1. The van der Waals surface area contributed by atoms with E-state index in [1.54, 1.807) is 19.9 Å². The Morgan fingerprint density at radius 2 is 1.80 bits per heavy atom. The molecule has 1 unspecified atom stereocenters. The van der Waals surface area contributed by atoms with E-state index in [0.29, 0.717) is 17.7 Å². The molecule has 1 aromatic carbocycles. The van der Waals surface area contributed by atoms with E-state index in [0.717, 1.165) is 17.0 Å². The van der Waals surface area contributed by atoms with Crippen molar-refractivity contribution in [2.45, 2.75) is 49.9 Å². The number of anilines is 2. The van der Waals surface area contributed by atoms with Crippen molar-refractivity contribution in [3.8, 4) is 0 Å². The lowest BCUT2D eigenvalue weighted by molar-refractivity contribution is -0.119. The van der Waals surface area contributed by atoms with Crippen molar-refractivity contribution in [3.05, 3.63) is 48.2 Å². The third kappa shape index (κ3) is 5.37. The second kappa shape index (κ2) is 9.52. The number of urea groups is 1. The molecule has 188 valence electrons. The minimum Gasteiger partial charge on any atom is -0.447 e. The van der Waals surface area contributed by atoms with Gasteiger partial charge >= 0.3 is 17.6 Å². The predicted molar refractivity (Wildman–Crippen MR) is 117 cm³/mol. The van der Waals surface area contributed by atoms with E-state index >= 15 is 0 Å². The summed E-state index contributed by atoms with van der Waals surface area (Å²) in [6.07, 6.45) is 0.332. The Morgan fingerprint density at radius 3 is 2.37 bits per heavy atom. The van der Waals surface area contributed by atoms with Crippen LogP contribution in [0.3, 0.4) is 0 Å². The number of pyridine rings is 1. The third-order valence-corrected chi connectivity index (χ3v) is 6.44. The van der Waals surface area contributed by atoms with Gasteiger partial charge in [0.25, 0.3) is 15.7 Å². The summed E-state index contributed by atoms with van der Waals surface area (Å²) >= 11 is 0. The molecule has 14 heteroatoms. The van der Waals surface area contributed by atoms with Crippen LogP contribution in [0.1, 0.15) is 26.3 Å². The molecule has 1 fully saturated rings. The number of sulfone groups is 1. The highest BCUT2D eigenvalue weighted by molar-refractivity contribution is 7.92. The molecule has 1 aromatic heterocycles. The standard InChI is InChI=1S/C21H21F3N4O6S/c1-12(2)34-19(30)26-17-10-14(8-9-25-17)11-27-13(3)18(29)28(20(27)31)15-4-6-16(7-5-15)35(32,33)21(22,23)24/h4-10,12-13H,11H2,1-3H3,(H,25,26,30). The normalized spacial score (nSPS) is 16.7. The van der Waals surface area contributed by atoms with E-state index in [4.69, 9.17) is 4.74 Å². The number of halogens is 3. The van der Waals surface area contributed by atoms with Crippen LogP contribution in [0.15, 0.2) is 47.5 Å². The summed E-state index contributed by atoms with van der Waals surface area (Å²) < 4.78 is 66.4. The highest BCUT2D eigenvalue weighted by Crippen LogP contribution is 2.32. The molecule has 0 radical (unpaired) electrons. The first-order valence-corrected chi connectivity index (χ1v) is 11.7. The number of ether oxygens (including phenoxy) is 1. The number of rotatable bonds is 6. The number of imide groups is 1. The van der Waals surface area contributed by atoms with Gasteiger partial charge in [-0.3, -0.25) is 10.1 Å². The minimum absolute atomic E-state index is 0.0425. The molecule has 2 aromatic rings. The fourth-order valence-corrected chi connectivity index (χ4v) is 4.01. The van der Waals surface area contributed by atoms with Crippen molar-refractivity contribution in [1.82, 2.24) is 9.88 Å². The molecule has 1 aliphatic rings. The van der Waals surface area contributed by atoms with Gasteiger partial charge in [-0.2, -0.15) is 13.2 Å². The van der Waals surface area contributed by atoms with Crippen molar-refractivity contribution >= 4 is 39.4 Å². The smallest absolute Gasteiger partial charge is 0.447 e. The van der Waals surface area contributed by atoms with Crippen molar-refractivity contribution in [3.63, 3.8) is 0 Å². The lowest BCUT2D eigenvalue weighted by Crippen LogP contribution is -2.33. The average Bonchev–Trinajstić information content (AvgIpc) is 2.96. The maximum Gasteiger partial charge on any atom is 0.501 e. The average molecular weight is 514 g/mol. The third-order valence-electron chi connectivity index (χ3n) is 4.94. The molecule has 0 bridgehead atoms. The largest absolute Gasteiger partial charge is 0.501 e. The van der Waals surface area contributed by atoms with Gasteiger partial charge < -0.3 is 9.64 Å². The quantitative estimate of drug-likeness (QED) is 0.583. The lowest BCUT2D eigenvalue weighted by Gasteiger charge is -2.20. The number of hydrogen-bond donors (Lipinski definition) is 1. The highest BCUT2D eigenvalue weighted by atomic mass is 32.2. The lowest BCUT2D eigenvalue weighted by atomic mass is 10.2. The maximum absolute atomic E-state index is 13.0. The second-order valence-corrected chi connectivity index (χ2v) is 9.77. The molecule has 1 N–H and O–H groups in total. The van der Waals surface area contributed by atoms with Crippen LogP contribution in [0.2, 0.25) is 0 Å². The summed E-state index contributed by atoms with van der Waals surface area (Å²) in [5, 5.41) is 2.45. The molecule has 1 atom stereocenters. The number of carbonyl (C=O) groups is 3. The summed E-state index contributed by atoms with van der Waals surface area (Å²) in [5.74, 6) is -0.480. The van der Waals surface area contributed by atoms with Gasteiger partial charge in [-0.15, -0.1) is 0 Å². The van der Waals surface area contributed by atoms with Crippen molar-refractivity contribution in [1.29, 1.82) is 0 Å². The number of alkyl halides is 3. The van der Waals surface area contributed by atoms with E-state index in [2.05, 4.69) is 10.3 Å². The number of aromatic nitrogens is 1. The van der Waals surface area contributed by atoms with Gasteiger partial charge in [0, 0.05) is 12.7 Å². The Hall–Kier alpha value is -3.68. The zero-order valence-corrected chi connectivity index (χ0v) is 19.6. The Morgan fingerprint density at radius 1 is 1.17 bits per heavy atom. The van der Waals surface area contributed by atoms with Gasteiger partial charge in [-0.25, -0.2) is 27.9 Å². The molecule has 10 nitrogen and oxygen atoms in total. The van der Waals surface area contributed by atoms with Gasteiger partial charge in [0.2, 0.25) is 0 Å². The molecule has 35 heavy (non-hydrogen) atoms. The van der Waals surface area contributed by atoms with Gasteiger partial charge in [-0.05, 0) is 62.7 Å². The molecular weight excluding hydrogens is 493 g/mol. The summed E-state index contributed by atoms with van der Waals surface area (Å²) in [4.78, 5) is 42.5. The molecule has 2 heterocycles. The fourth-order valence-electron chi connectivity index (χ4n) is 3.24. The van der Waals surface area contributed by atoms with E-state index in [1.165, 1.54) is 24.1 Å². The molecular formula is C21H21F3N4O6S. The van der Waals surface area contributed by atoms with E-state index in [-0.39, 0.29) is 24.2 Å². The van der Waals surface area contributed by atoms with Crippen molar-refractivity contribution in [2.24, 2.45) is 0 Å². The zero-order valence-electron chi connectivity index (χ0n) is 18.7. The summed E-state index contributed by atoms with van der Waals surface area (Å²) in [5.41, 5.74) is -5.03. The van der Waals surface area contributed by atoms with Crippen LogP contribution in [0.5, 0.6) is 0 Å². The fraction of sp³-hybridized carbons (Fsp3) is 0.333. The van der Waals surface area contributed by atoms with Crippen LogP contribution in [0.25, 0.3) is 0 Å². The van der Waals surface area contributed by atoms with E-state index < -0.39 is 44.3 Å². The molecule has 4 amide bonds. The van der Waals surface area contributed by atoms with Crippen LogP contribution in [-0.2, 0) is 25.9 Å². The first kappa shape index (κ1) is 25.9. The Bertz CT molecular complexity index is 1250. The number of nitrogens with zero attached hydrogens (tertiary/aromatic N) is 3. The monoisotopic (exact) mass is 514 g/mol. The molecule has 1 saturated heterocycles. The first-order chi connectivity index (χ1) is 16.2. The number of hydrogen-bond acceptors (Lipinski definition) is 7. The van der Waals surface area contributed by atoms with Crippen molar-refractivity contribution in [2.75, 3.05) is 10.2 Å². The number of amides is 4. The molecule has 3 rings (SSSR count). The van der Waals surface area contributed by atoms with Crippen LogP contribution in [0.4, 0.5) is 34.3 Å². The van der Waals surface area contributed by atoms with Crippen molar-refractivity contribution < 1.29 is 40.7 Å². The predicted octanol–water partition coefficient (Wildman–Crippen LogP) is 3.69. The molecule has 0 saturated carbocycles. The first-order valence-electron chi connectivity index (χ1n) is 10.2. The van der Waals surface area contributed by atoms with Gasteiger partial charge in [0.15, 0.2) is 0 Å². The maximum atomic E-state index is 13.0. The summed E-state index contributed by atoms with van der Waals surface area (Å²) in [6.45, 7) is 4.78. The van der Waals surface area contributed by atoms with Crippen LogP contribution in [0, 0.1) is 0 Å². The van der Waals surface area contributed by atoms with E-state index in [1.807, 2.05) is 0 Å². The Balaban J connectivity index is 1.79. The van der Waals surface area contributed by atoms with Gasteiger partial charge in [-0.1, -0.05) is 0 Å². The highest BCUT2D eigenvalue weighted by Gasteiger charge is 2.47. The van der Waals surface area contributed by atoms with E-state index in [9.17, 15) is 36.0 Å². The van der Waals surface area contributed by atoms with Crippen LogP contribution in [-0.4, -0.2) is 54.0 Å². The molecule has 1 aliphatic heterocycles. The Kier molecular flexibility index (Phi) is 7.06. The second-order valence-electron chi connectivity index (χ2n) is 7.83. The summed E-state index contributed by atoms with van der Waals surface area (Å²) in [6, 6.07) is 4.68.